The van der Waals surface area contributed by atoms with Crippen LogP contribution in [0.1, 0.15) is 32.6 Å². The molecule has 1 aliphatic rings. The number of benzene rings is 1. The molecule has 2 rings (SSSR count). The summed E-state index contributed by atoms with van der Waals surface area (Å²) < 4.78 is 24.6. The number of anilines is 1. The Hall–Kier alpha value is -0.550. The number of para-hydroxylation sites is 1. The first kappa shape index (κ1) is 15.8. The van der Waals surface area contributed by atoms with Gasteiger partial charge in [0, 0.05) is 17.9 Å². The Bertz CT molecular complexity index is 543. The molecule has 0 spiro atoms. The minimum atomic E-state index is -3.17. The molecule has 20 heavy (non-hydrogen) atoms. The SMILES string of the molecule is CCS(=O)(=O)c1ccccc1N1CCCCC1CCBr. The third kappa shape index (κ3) is 3.37. The molecular weight excluding hydrogens is 338 g/mol. The van der Waals surface area contributed by atoms with Gasteiger partial charge >= 0.3 is 0 Å². The molecule has 0 saturated carbocycles. The minimum absolute atomic E-state index is 0.154. The second-order valence-corrected chi connectivity index (χ2v) is 8.23. The Morgan fingerprint density at radius 2 is 2.05 bits per heavy atom. The Labute approximate surface area is 130 Å². The van der Waals surface area contributed by atoms with Gasteiger partial charge in [-0.3, -0.25) is 0 Å². The Kier molecular flexibility index (Phi) is 5.49. The normalized spacial score (nSPS) is 20.1. The van der Waals surface area contributed by atoms with Crippen LogP contribution < -0.4 is 4.90 Å². The standard InChI is InChI=1S/C15H22BrNO2S/c1-2-20(18,19)15-9-4-3-8-14(15)17-12-6-5-7-13(17)10-11-16/h3-4,8-9,13H,2,5-7,10-12H2,1H3. The second kappa shape index (κ2) is 6.94. The molecule has 0 aliphatic carbocycles. The summed E-state index contributed by atoms with van der Waals surface area (Å²) in [6, 6.07) is 7.89. The number of hydrogen-bond acceptors (Lipinski definition) is 3. The number of alkyl halides is 1. The molecule has 0 aromatic heterocycles. The van der Waals surface area contributed by atoms with Crippen molar-refractivity contribution in [3.8, 4) is 0 Å². The van der Waals surface area contributed by atoms with Gasteiger partial charge in [0.2, 0.25) is 0 Å². The fourth-order valence-electron chi connectivity index (χ4n) is 2.86. The van der Waals surface area contributed by atoms with E-state index < -0.39 is 9.84 Å². The van der Waals surface area contributed by atoms with Crippen molar-refractivity contribution < 1.29 is 8.42 Å². The Morgan fingerprint density at radius 3 is 2.75 bits per heavy atom. The van der Waals surface area contributed by atoms with Gasteiger partial charge in [-0.25, -0.2) is 8.42 Å². The molecule has 5 heteroatoms. The van der Waals surface area contributed by atoms with Crippen molar-refractivity contribution >= 4 is 31.5 Å². The maximum absolute atomic E-state index is 12.3. The molecule has 0 bridgehead atoms. The van der Waals surface area contributed by atoms with E-state index in [0.29, 0.717) is 10.9 Å². The van der Waals surface area contributed by atoms with Crippen molar-refractivity contribution in [3.63, 3.8) is 0 Å². The van der Waals surface area contributed by atoms with Gasteiger partial charge in [0.25, 0.3) is 0 Å². The molecule has 0 N–H and O–H groups in total. The lowest BCUT2D eigenvalue weighted by Gasteiger charge is -2.38. The number of rotatable bonds is 5. The predicted molar refractivity (Wildman–Crippen MR) is 87.6 cm³/mol. The topological polar surface area (TPSA) is 37.4 Å². The van der Waals surface area contributed by atoms with Gasteiger partial charge in [-0.15, -0.1) is 0 Å². The Morgan fingerprint density at radius 1 is 1.30 bits per heavy atom. The van der Waals surface area contributed by atoms with Crippen molar-refractivity contribution in [1.82, 2.24) is 0 Å². The first-order valence-corrected chi connectivity index (χ1v) is 10.0. The minimum Gasteiger partial charge on any atom is -0.367 e. The number of sulfone groups is 1. The molecule has 1 aromatic rings. The fraction of sp³-hybridized carbons (Fsp3) is 0.600. The lowest BCUT2D eigenvalue weighted by molar-refractivity contribution is 0.450. The Balaban J connectivity index is 2.40. The van der Waals surface area contributed by atoms with Crippen LogP contribution in [-0.4, -0.2) is 32.1 Å². The van der Waals surface area contributed by atoms with Crippen LogP contribution in [-0.2, 0) is 9.84 Å². The highest BCUT2D eigenvalue weighted by Crippen LogP contribution is 2.32. The summed E-state index contributed by atoms with van der Waals surface area (Å²) in [7, 11) is -3.17. The summed E-state index contributed by atoms with van der Waals surface area (Å²) in [5.41, 5.74) is 0.889. The van der Waals surface area contributed by atoms with Crippen LogP contribution in [0.3, 0.4) is 0 Å². The summed E-state index contributed by atoms with van der Waals surface area (Å²) in [5.74, 6) is 0.154. The van der Waals surface area contributed by atoms with Gasteiger partial charge in [0.1, 0.15) is 0 Å². The van der Waals surface area contributed by atoms with Crippen LogP contribution in [0.25, 0.3) is 0 Å². The molecule has 0 amide bonds. The monoisotopic (exact) mass is 359 g/mol. The van der Waals surface area contributed by atoms with E-state index in [0.717, 1.165) is 36.8 Å². The van der Waals surface area contributed by atoms with Gasteiger partial charge < -0.3 is 4.90 Å². The lowest BCUT2D eigenvalue weighted by atomic mass is 9.99. The van der Waals surface area contributed by atoms with Crippen LogP contribution >= 0.6 is 15.9 Å². The molecular formula is C15H22BrNO2S. The predicted octanol–water partition coefficient (Wildman–Crippen LogP) is 3.62. The summed E-state index contributed by atoms with van der Waals surface area (Å²) in [4.78, 5) is 2.79. The zero-order chi connectivity index (χ0) is 14.6. The molecule has 1 atom stereocenters. The van der Waals surface area contributed by atoms with Gasteiger partial charge in [0.15, 0.2) is 9.84 Å². The highest BCUT2D eigenvalue weighted by molar-refractivity contribution is 9.09. The van der Waals surface area contributed by atoms with Crippen molar-refractivity contribution in [2.45, 2.75) is 43.5 Å². The molecule has 1 aromatic carbocycles. The average molecular weight is 360 g/mol. The van der Waals surface area contributed by atoms with Crippen molar-refractivity contribution in [1.29, 1.82) is 0 Å². The van der Waals surface area contributed by atoms with Crippen LogP contribution in [0.4, 0.5) is 5.69 Å². The number of halogens is 1. The maximum atomic E-state index is 12.3. The number of nitrogens with zero attached hydrogens (tertiary/aromatic N) is 1. The van der Waals surface area contributed by atoms with E-state index in [1.54, 1.807) is 13.0 Å². The van der Waals surface area contributed by atoms with E-state index in [1.165, 1.54) is 6.42 Å². The largest absolute Gasteiger partial charge is 0.367 e. The molecule has 1 unspecified atom stereocenters. The smallest absolute Gasteiger partial charge is 0.180 e. The average Bonchev–Trinajstić information content (AvgIpc) is 2.48. The van der Waals surface area contributed by atoms with E-state index in [4.69, 9.17) is 0 Å². The maximum Gasteiger partial charge on any atom is 0.180 e. The van der Waals surface area contributed by atoms with E-state index >= 15 is 0 Å². The van der Waals surface area contributed by atoms with Crippen molar-refractivity contribution in [2.75, 3.05) is 22.5 Å². The quantitative estimate of drug-likeness (QED) is 0.753. The summed E-state index contributed by atoms with van der Waals surface area (Å²) in [5, 5.41) is 0.955. The van der Waals surface area contributed by atoms with Crippen molar-refractivity contribution in [3.05, 3.63) is 24.3 Å². The van der Waals surface area contributed by atoms with E-state index in [2.05, 4.69) is 20.8 Å². The zero-order valence-electron chi connectivity index (χ0n) is 11.9. The lowest BCUT2D eigenvalue weighted by Crippen LogP contribution is -2.40. The first-order chi connectivity index (χ1) is 9.60. The van der Waals surface area contributed by atoms with Crippen LogP contribution in [0.2, 0.25) is 0 Å². The highest BCUT2D eigenvalue weighted by Gasteiger charge is 2.26. The molecule has 1 saturated heterocycles. The van der Waals surface area contributed by atoms with Gasteiger partial charge in [0.05, 0.1) is 16.3 Å². The van der Waals surface area contributed by atoms with E-state index in [9.17, 15) is 8.42 Å². The van der Waals surface area contributed by atoms with Crippen LogP contribution in [0, 0.1) is 0 Å². The number of piperidine rings is 1. The zero-order valence-corrected chi connectivity index (χ0v) is 14.3. The third-order valence-corrected chi connectivity index (χ3v) is 6.19. The molecule has 1 aliphatic heterocycles. The van der Waals surface area contributed by atoms with Gasteiger partial charge in [-0.2, -0.15) is 0 Å². The molecule has 1 fully saturated rings. The molecule has 0 radical (unpaired) electrons. The van der Waals surface area contributed by atoms with E-state index in [-0.39, 0.29) is 5.75 Å². The molecule has 3 nitrogen and oxygen atoms in total. The fourth-order valence-corrected chi connectivity index (χ4v) is 4.49. The molecule has 112 valence electrons. The van der Waals surface area contributed by atoms with Gasteiger partial charge in [-0.05, 0) is 37.8 Å². The van der Waals surface area contributed by atoms with E-state index in [1.807, 2.05) is 18.2 Å². The van der Waals surface area contributed by atoms with Crippen LogP contribution in [0.5, 0.6) is 0 Å². The highest BCUT2D eigenvalue weighted by atomic mass is 79.9. The molecule has 1 heterocycles. The third-order valence-electron chi connectivity index (χ3n) is 3.96. The van der Waals surface area contributed by atoms with Crippen molar-refractivity contribution in [2.24, 2.45) is 0 Å². The summed E-state index contributed by atoms with van der Waals surface area (Å²) >= 11 is 3.51. The first-order valence-electron chi connectivity index (χ1n) is 7.24. The van der Waals surface area contributed by atoms with Gasteiger partial charge in [-0.1, -0.05) is 35.0 Å². The summed E-state index contributed by atoms with van der Waals surface area (Å²) in [6.07, 6.45) is 4.57. The summed E-state index contributed by atoms with van der Waals surface area (Å²) in [6.45, 7) is 2.66. The van der Waals surface area contributed by atoms with Crippen LogP contribution in [0.15, 0.2) is 29.2 Å². The second-order valence-electron chi connectivity index (χ2n) is 5.19. The number of hydrogen-bond donors (Lipinski definition) is 0.